The largest absolute Gasteiger partial charge is 0.493 e. The highest BCUT2D eigenvalue weighted by atomic mass is 79.9. The average molecular weight is 522 g/mol. The Balaban J connectivity index is 1.71. The standard InChI is InChI=1S/C22H15BrCl2N2O4/c1-30-20-10-13(12-26-27-21(28)15-4-2-3-5-17(15)23)6-9-19(20)31-22(29)16-8-7-14(24)11-18(16)25/h2-12H,1H3,(H,27,28). The van der Waals surface area contributed by atoms with Gasteiger partial charge in [0.1, 0.15) is 0 Å². The van der Waals surface area contributed by atoms with Crippen LogP contribution in [-0.2, 0) is 0 Å². The number of carbonyl (C=O) groups excluding carboxylic acids is 2. The van der Waals surface area contributed by atoms with Crippen molar-refractivity contribution in [3.63, 3.8) is 0 Å². The molecule has 1 amide bonds. The predicted octanol–water partition coefficient (Wildman–Crippen LogP) is 5.75. The van der Waals surface area contributed by atoms with Gasteiger partial charge in [0.25, 0.3) is 5.91 Å². The summed E-state index contributed by atoms with van der Waals surface area (Å²) in [6.45, 7) is 0. The number of nitrogens with zero attached hydrogens (tertiary/aromatic N) is 1. The van der Waals surface area contributed by atoms with Crippen molar-refractivity contribution in [1.82, 2.24) is 5.43 Å². The first-order valence-corrected chi connectivity index (χ1v) is 10.4. The van der Waals surface area contributed by atoms with Crippen LogP contribution in [0.2, 0.25) is 10.0 Å². The maximum Gasteiger partial charge on any atom is 0.345 e. The molecule has 0 bridgehead atoms. The average Bonchev–Trinajstić information content (AvgIpc) is 2.74. The molecule has 3 aromatic carbocycles. The molecule has 31 heavy (non-hydrogen) atoms. The molecule has 0 unspecified atom stereocenters. The number of rotatable bonds is 6. The number of benzene rings is 3. The quantitative estimate of drug-likeness (QED) is 0.194. The molecule has 0 aromatic heterocycles. The van der Waals surface area contributed by atoms with Gasteiger partial charge in [-0.1, -0.05) is 35.3 Å². The fraction of sp³-hybridized carbons (Fsp3) is 0.0455. The van der Waals surface area contributed by atoms with Gasteiger partial charge in [-0.15, -0.1) is 0 Å². The number of ether oxygens (including phenoxy) is 2. The minimum atomic E-state index is -0.651. The van der Waals surface area contributed by atoms with Gasteiger partial charge >= 0.3 is 5.97 Å². The van der Waals surface area contributed by atoms with Gasteiger partial charge in [0.05, 0.1) is 29.5 Å². The van der Waals surface area contributed by atoms with Gasteiger partial charge in [-0.25, -0.2) is 10.2 Å². The summed E-state index contributed by atoms with van der Waals surface area (Å²) >= 11 is 15.2. The summed E-state index contributed by atoms with van der Waals surface area (Å²) in [7, 11) is 1.44. The van der Waals surface area contributed by atoms with Crippen LogP contribution in [0.3, 0.4) is 0 Å². The maximum atomic E-state index is 12.4. The molecule has 0 aliphatic rings. The van der Waals surface area contributed by atoms with Crippen LogP contribution in [0.1, 0.15) is 26.3 Å². The molecule has 158 valence electrons. The second-order valence-corrected chi connectivity index (χ2v) is 7.80. The summed E-state index contributed by atoms with van der Waals surface area (Å²) in [5, 5.41) is 4.55. The number of carbonyl (C=O) groups is 2. The zero-order valence-electron chi connectivity index (χ0n) is 16.1. The molecule has 3 aromatic rings. The second kappa shape index (κ2) is 10.4. The van der Waals surface area contributed by atoms with E-state index in [9.17, 15) is 9.59 Å². The fourth-order valence-electron chi connectivity index (χ4n) is 2.53. The van der Waals surface area contributed by atoms with Crippen molar-refractivity contribution in [2.24, 2.45) is 5.10 Å². The van der Waals surface area contributed by atoms with Gasteiger partial charge < -0.3 is 9.47 Å². The van der Waals surface area contributed by atoms with E-state index in [2.05, 4.69) is 26.5 Å². The Bertz CT molecular complexity index is 1170. The van der Waals surface area contributed by atoms with Crippen LogP contribution in [-0.4, -0.2) is 25.2 Å². The molecule has 0 heterocycles. The molecule has 3 rings (SSSR count). The molecule has 0 saturated carbocycles. The molecular weight excluding hydrogens is 507 g/mol. The first-order chi connectivity index (χ1) is 14.9. The summed E-state index contributed by atoms with van der Waals surface area (Å²) in [4.78, 5) is 24.6. The molecule has 0 spiro atoms. The zero-order chi connectivity index (χ0) is 22.4. The van der Waals surface area contributed by atoms with Crippen LogP contribution < -0.4 is 14.9 Å². The van der Waals surface area contributed by atoms with Gasteiger partial charge in [0, 0.05) is 9.50 Å². The van der Waals surface area contributed by atoms with E-state index in [1.54, 1.807) is 42.5 Å². The molecular formula is C22H15BrCl2N2O4. The molecule has 6 nitrogen and oxygen atoms in total. The van der Waals surface area contributed by atoms with Gasteiger partial charge in [0.15, 0.2) is 11.5 Å². The van der Waals surface area contributed by atoms with Crippen molar-refractivity contribution >= 4 is 57.2 Å². The first kappa shape index (κ1) is 22.8. The number of hydrogen-bond acceptors (Lipinski definition) is 5. The molecule has 9 heteroatoms. The Kier molecular flexibility index (Phi) is 7.68. The molecule has 0 saturated heterocycles. The Hall–Kier alpha value is -2.87. The second-order valence-electron chi connectivity index (χ2n) is 6.10. The van der Waals surface area contributed by atoms with E-state index in [0.717, 1.165) is 0 Å². The summed E-state index contributed by atoms with van der Waals surface area (Å²) < 4.78 is 11.4. The van der Waals surface area contributed by atoms with E-state index in [4.69, 9.17) is 32.7 Å². The van der Waals surface area contributed by atoms with E-state index in [0.29, 0.717) is 26.4 Å². The number of amides is 1. The SMILES string of the molecule is COc1cc(C=NNC(=O)c2ccccc2Br)ccc1OC(=O)c1ccc(Cl)cc1Cl. The third kappa shape index (κ3) is 5.85. The topological polar surface area (TPSA) is 77.0 Å². The Labute approximate surface area is 196 Å². The van der Waals surface area contributed by atoms with Gasteiger partial charge in [0.2, 0.25) is 0 Å². The Morgan fingerprint density at radius 2 is 1.77 bits per heavy atom. The van der Waals surface area contributed by atoms with Crippen molar-refractivity contribution in [1.29, 1.82) is 0 Å². The molecule has 1 N–H and O–H groups in total. The summed E-state index contributed by atoms with van der Waals surface area (Å²) in [6, 6.07) is 16.3. The molecule has 0 radical (unpaired) electrons. The highest BCUT2D eigenvalue weighted by Crippen LogP contribution is 2.30. The molecule has 0 fully saturated rings. The van der Waals surface area contributed by atoms with Crippen molar-refractivity contribution in [2.45, 2.75) is 0 Å². The van der Waals surface area contributed by atoms with Crippen molar-refractivity contribution in [3.05, 3.63) is 91.9 Å². The van der Waals surface area contributed by atoms with Crippen molar-refractivity contribution in [2.75, 3.05) is 7.11 Å². The summed E-state index contributed by atoms with van der Waals surface area (Å²) in [5.41, 5.74) is 3.71. The highest BCUT2D eigenvalue weighted by Gasteiger charge is 2.16. The van der Waals surface area contributed by atoms with Crippen LogP contribution in [0.5, 0.6) is 11.5 Å². The van der Waals surface area contributed by atoms with Crippen LogP contribution >= 0.6 is 39.1 Å². The predicted molar refractivity (Wildman–Crippen MR) is 124 cm³/mol. The minimum Gasteiger partial charge on any atom is -0.493 e. The molecule has 0 aliphatic heterocycles. The molecule has 0 aliphatic carbocycles. The first-order valence-electron chi connectivity index (χ1n) is 8.82. The maximum absolute atomic E-state index is 12.4. The monoisotopic (exact) mass is 520 g/mol. The summed E-state index contributed by atoms with van der Waals surface area (Å²) in [5.74, 6) is -0.504. The van der Waals surface area contributed by atoms with Gasteiger partial charge in [-0.3, -0.25) is 4.79 Å². The summed E-state index contributed by atoms with van der Waals surface area (Å²) in [6.07, 6.45) is 1.44. The fourth-order valence-corrected chi connectivity index (χ4v) is 3.48. The number of nitrogens with one attached hydrogen (secondary N) is 1. The van der Waals surface area contributed by atoms with Crippen LogP contribution in [0.15, 0.2) is 70.2 Å². The Morgan fingerprint density at radius 3 is 2.48 bits per heavy atom. The zero-order valence-corrected chi connectivity index (χ0v) is 19.2. The normalized spacial score (nSPS) is 10.7. The number of halogens is 3. The van der Waals surface area contributed by atoms with Crippen LogP contribution in [0.25, 0.3) is 0 Å². The number of methoxy groups -OCH3 is 1. The Morgan fingerprint density at radius 1 is 1.00 bits per heavy atom. The van der Waals surface area contributed by atoms with E-state index >= 15 is 0 Å². The van der Waals surface area contributed by atoms with Gasteiger partial charge in [-0.05, 0) is 70.0 Å². The number of hydrogen-bond donors (Lipinski definition) is 1. The minimum absolute atomic E-state index is 0.175. The molecule has 0 atom stereocenters. The highest BCUT2D eigenvalue weighted by molar-refractivity contribution is 9.10. The smallest absolute Gasteiger partial charge is 0.345 e. The lowest BCUT2D eigenvalue weighted by Crippen LogP contribution is -2.18. The number of esters is 1. The van der Waals surface area contributed by atoms with Gasteiger partial charge in [-0.2, -0.15) is 5.10 Å². The third-order valence-corrected chi connectivity index (χ3v) is 5.28. The lowest BCUT2D eigenvalue weighted by Gasteiger charge is -2.10. The van der Waals surface area contributed by atoms with Crippen LogP contribution in [0.4, 0.5) is 0 Å². The lowest BCUT2D eigenvalue weighted by atomic mass is 10.2. The van der Waals surface area contributed by atoms with Crippen molar-refractivity contribution < 1.29 is 19.1 Å². The van der Waals surface area contributed by atoms with Crippen molar-refractivity contribution in [3.8, 4) is 11.5 Å². The van der Waals surface area contributed by atoms with E-state index in [1.807, 2.05) is 6.07 Å². The lowest BCUT2D eigenvalue weighted by molar-refractivity contribution is 0.0729. The van der Waals surface area contributed by atoms with E-state index in [-0.39, 0.29) is 22.2 Å². The van der Waals surface area contributed by atoms with Crippen LogP contribution in [0, 0.1) is 0 Å². The van der Waals surface area contributed by atoms with E-state index < -0.39 is 5.97 Å². The van der Waals surface area contributed by atoms with E-state index in [1.165, 1.54) is 25.5 Å². The third-order valence-electron chi connectivity index (χ3n) is 4.04. The number of hydrazone groups is 1.